The van der Waals surface area contributed by atoms with Gasteiger partial charge in [0.05, 0.1) is 23.9 Å². The zero-order chi connectivity index (χ0) is 26.2. The smallest absolute Gasteiger partial charge is 0.312 e. The molecule has 0 fully saturated rings. The van der Waals surface area contributed by atoms with Crippen LogP contribution in [-0.2, 0) is 20.7 Å². The van der Waals surface area contributed by atoms with Crippen LogP contribution in [-0.4, -0.2) is 46.3 Å². The molecule has 2 aromatic carbocycles. The van der Waals surface area contributed by atoms with Crippen LogP contribution in [0.1, 0.15) is 34.6 Å². The van der Waals surface area contributed by atoms with E-state index >= 15 is 0 Å². The molecule has 2 aromatic heterocycles. The van der Waals surface area contributed by atoms with Gasteiger partial charge in [0.15, 0.2) is 6.61 Å². The number of rotatable bonds is 9. The predicted octanol–water partition coefficient (Wildman–Crippen LogP) is 4.76. The molecule has 0 bridgehead atoms. The number of hydrogen-bond acceptors (Lipinski definition) is 7. The number of nitrogens with zero attached hydrogens (tertiary/aromatic N) is 3. The van der Waals surface area contributed by atoms with Crippen molar-refractivity contribution in [1.29, 1.82) is 0 Å². The van der Waals surface area contributed by atoms with Crippen molar-refractivity contribution in [3.05, 3.63) is 101 Å². The van der Waals surface area contributed by atoms with E-state index in [1.54, 1.807) is 49.0 Å². The molecule has 4 aromatic rings. The third kappa shape index (κ3) is 6.86. The lowest BCUT2D eigenvalue weighted by Crippen LogP contribution is -2.33. The van der Waals surface area contributed by atoms with Gasteiger partial charge in [-0.1, -0.05) is 36.4 Å². The Morgan fingerprint density at radius 2 is 1.81 bits per heavy atom. The minimum Gasteiger partial charge on any atom is -0.455 e. The number of anilines is 1. The van der Waals surface area contributed by atoms with Crippen LogP contribution in [0, 0.1) is 0 Å². The van der Waals surface area contributed by atoms with Crippen LogP contribution in [0.4, 0.5) is 5.69 Å². The molecule has 2 heterocycles. The molecule has 37 heavy (non-hydrogen) atoms. The first kappa shape index (κ1) is 25.7. The molecule has 0 aliphatic carbocycles. The van der Waals surface area contributed by atoms with Crippen molar-refractivity contribution in [3.8, 4) is 10.7 Å². The lowest BCUT2D eigenvalue weighted by atomic mass is 10.1. The van der Waals surface area contributed by atoms with Crippen LogP contribution < -0.4 is 5.32 Å². The summed E-state index contributed by atoms with van der Waals surface area (Å²) in [4.78, 5) is 47.7. The zero-order valence-corrected chi connectivity index (χ0v) is 21.3. The number of carbonyl (C=O) groups is 3. The van der Waals surface area contributed by atoms with Gasteiger partial charge >= 0.3 is 5.97 Å². The second kappa shape index (κ2) is 12.0. The third-order valence-corrected chi connectivity index (χ3v) is 6.67. The normalized spacial score (nSPS) is 11.4. The van der Waals surface area contributed by atoms with E-state index in [1.807, 2.05) is 49.4 Å². The summed E-state index contributed by atoms with van der Waals surface area (Å²) < 4.78 is 5.22. The SMILES string of the molecule is CC(c1cccc(NC(=O)c2ccccc2)c1)N(C)C(=O)COC(=O)Cc1csc(-c2ccccn2)n1. The number of thiazole rings is 1. The number of benzene rings is 2. The number of amides is 2. The van der Waals surface area contributed by atoms with Gasteiger partial charge < -0.3 is 15.0 Å². The summed E-state index contributed by atoms with van der Waals surface area (Å²) >= 11 is 1.40. The Bertz CT molecular complexity index is 1380. The number of nitrogens with one attached hydrogen (secondary N) is 1. The van der Waals surface area contributed by atoms with Crippen molar-refractivity contribution in [1.82, 2.24) is 14.9 Å². The fourth-order valence-electron chi connectivity index (χ4n) is 3.55. The number of pyridine rings is 1. The van der Waals surface area contributed by atoms with Gasteiger partial charge in [-0.2, -0.15) is 0 Å². The van der Waals surface area contributed by atoms with Crippen LogP contribution in [0.3, 0.4) is 0 Å². The van der Waals surface area contributed by atoms with Crippen LogP contribution in [0.25, 0.3) is 10.7 Å². The Morgan fingerprint density at radius 1 is 1.03 bits per heavy atom. The molecule has 1 unspecified atom stereocenters. The van der Waals surface area contributed by atoms with Crippen molar-refractivity contribution in [3.63, 3.8) is 0 Å². The topological polar surface area (TPSA) is 101 Å². The monoisotopic (exact) mass is 514 g/mol. The Labute approximate surface area is 219 Å². The number of hydrogen-bond donors (Lipinski definition) is 1. The van der Waals surface area contributed by atoms with E-state index in [2.05, 4.69) is 15.3 Å². The van der Waals surface area contributed by atoms with Gasteiger partial charge in [0.25, 0.3) is 11.8 Å². The fraction of sp³-hybridized carbons (Fsp3) is 0.179. The van der Waals surface area contributed by atoms with Gasteiger partial charge in [0, 0.05) is 29.9 Å². The summed E-state index contributed by atoms with van der Waals surface area (Å²) in [5.74, 6) is -1.08. The molecule has 1 atom stereocenters. The summed E-state index contributed by atoms with van der Waals surface area (Å²) in [6.07, 6.45) is 1.66. The van der Waals surface area contributed by atoms with Crippen molar-refractivity contribution in [2.24, 2.45) is 0 Å². The van der Waals surface area contributed by atoms with Crippen LogP contribution in [0.2, 0.25) is 0 Å². The Kier molecular flexibility index (Phi) is 8.37. The standard InChI is InChI=1S/C28H26N4O4S/c1-19(21-11-8-12-22(15-21)30-27(35)20-9-4-3-5-10-20)32(2)25(33)17-36-26(34)16-23-18-37-28(31-23)24-13-6-7-14-29-24/h3-15,18-19H,16-17H2,1-2H3,(H,30,35). The molecule has 0 spiro atoms. The quantitative estimate of drug-likeness (QED) is 0.323. The highest BCUT2D eigenvalue weighted by Crippen LogP contribution is 2.23. The lowest BCUT2D eigenvalue weighted by molar-refractivity contribution is -0.151. The van der Waals surface area contributed by atoms with Crippen molar-refractivity contribution in [2.45, 2.75) is 19.4 Å². The third-order valence-electron chi connectivity index (χ3n) is 5.76. The minimum absolute atomic E-state index is 0.0287. The molecule has 1 N–H and O–H groups in total. The molecule has 0 radical (unpaired) electrons. The van der Waals surface area contributed by atoms with E-state index in [9.17, 15) is 14.4 Å². The lowest BCUT2D eigenvalue weighted by Gasteiger charge is -2.25. The molecule has 0 aliphatic heterocycles. The second-order valence-corrected chi connectivity index (χ2v) is 9.18. The van der Waals surface area contributed by atoms with Crippen LogP contribution in [0.5, 0.6) is 0 Å². The highest BCUT2D eigenvalue weighted by Gasteiger charge is 2.20. The van der Waals surface area contributed by atoms with E-state index in [1.165, 1.54) is 16.2 Å². The van der Waals surface area contributed by atoms with E-state index in [4.69, 9.17) is 4.74 Å². The maximum atomic E-state index is 12.7. The van der Waals surface area contributed by atoms with Crippen molar-refractivity contribution in [2.75, 3.05) is 19.0 Å². The Hall–Kier alpha value is -4.37. The zero-order valence-electron chi connectivity index (χ0n) is 20.5. The molecule has 2 amide bonds. The van der Waals surface area contributed by atoms with Crippen LogP contribution >= 0.6 is 11.3 Å². The highest BCUT2D eigenvalue weighted by atomic mass is 32.1. The molecular weight excluding hydrogens is 488 g/mol. The Balaban J connectivity index is 1.29. The van der Waals surface area contributed by atoms with E-state index in [-0.39, 0.29) is 30.9 Å². The number of carbonyl (C=O) groups excluding carboxylic acids is 3. The van der Waals surface area contributed by atoms with Crippen molar-refractivity contribution >= 4 is 34.8 Å². The molecule has 0 saturated heterocycles. The van der Waals surface area contributed by atoms with E-state index in [0.29, 0.717) is 16.9 Å². The van der Waals surface area contributed by atoms with E-state index in [0.717, 1.165) is 16.3 Å². The van der Waals surface area contributed by atoms with Gasteiger partial charge in [-0.3, -0.25) is 19.4 Å². The summed E-state index contributed by atoms with van der Waals surface area (Å²) in [6, 6.07) is 21.5. The molecule has 188 valence electrons. The summed E-state index contributed by atoms with van der Waals surface area (Å²) in [5, 5.41) is 5.38. The summed E-state index contributed by atoms with van der Waals surface area (Å²) in [6.45, 7) is 1.49. The number of esters is 1. The van der Waals surface area contributed by atoms with E-state index < -0.39 is 5.97 Å². The summed E-state index contributed by atoms with van der Waals surface area (Å²) in [7, 11) is 1.65. The van der Waals surface area contributed by atoms with Gasteiger partial charge in [-0.25, -0.2) is 4.98 Å². The fourth-order valence-corrected chi connectivity index (χ4v) is 4.34. The number of ether oxygens (including phenoxy) is 1. The van der Waals surface area contributed by atoms with Gasteiger partial charge in [0.2, 0.25) is 0 Å². The second-order valence-electron chi connectivity index (χ2n) is 8.32. The van der Waals surface area contributed by atoms with Gasteiger partial charge in [0.1, 0.15) is 5.01 Å². The Morgan fingerprint density at radius 3 is 2.57 bits per heavy atom. The first-order valence-corrected chi connectivity index (χ1v) is 12.5. The average Bonchev–Trinajstić information content (AvgIpc) is 3.40. The number of likely N-dealkylation sites (N-methyl/N-ethyl adjacent to an activating group) is 1. The maximum absolute atomic E-state index is 12.7. The summed E-state index contributed by atoms with van der Waals surface area (Å²) in [5.41, 5.74) is 3.32. The molecule has 4 rings (SSSR count). The molecule has 0 saturated carbocycles. The first-order chi connectivity index (χ1) is 17.9. The van der Waals surface area contributed by atoms with Gasteiger partial charge in [-0.05, 0) is 48.9 Å². The maximum Gasteiger partial charge on any atom is 0.312 e. The minimum atomic E-state index is -0.530. The highest BCUT2D eigenvalue weighted by molar-refractivity contribution is 7.13. The predicted molar refractivity (Wildman–Crippen MR) is 142 cm³/mol. The molecule has 0 aliphatic rings. The van der Waals surface area contributed by atoms with Gasteiger partial charge in [-0.15, -0.1) is 11.3 Å². The number of aromatic nitrogens is 2. The average molecular weight is 515 g/mol. The molecule has 8 nitrogen and oxygen atoms in total. The largest absolute Gasteiger partial charge is 0.455 e. The van der Waals surface area contributed by atoms with Crippen molar-refractivity contribution < 1.29 is 19.1 Å². The molecule has 9 heteroatoms. The van der Waals surface area contributed by atoms with Crippen LogP contribution in [0.15, 0.2) is 84.4 Å². The molecular formula is C28H26N4O4S. The first-order valence-electron chi connectivity index (χ1n) is 11.6.